The van der Waals surface area contributed by atoms with Crippen LogP contribution in [0.25, 0.3) is 10.9 Å². The molecule has 1 aromatic carbocycles. The van der Waals surface area contributed by atoms with Gasteiger partial charge in [-0.15, -0.1) is 0 Å². The average molecular weight is 319 g/mol. The second-order valence-electron chi connectivity index (χ2n) is 6.52. The van der Waals surface area contributed by atoms with Crippen LogP contribution in [-0.4, -0.2) is 33.6 Å². The van der Waals surface area contributed by atoms with Crippen LogP contribution in [0.2, 0.25) is 5.02 Å². The molecule has 0 radical (unpaired) electrons. The molecule has 4 rings (SSSR count). The van der Waals surface area contributed by atoms with E-state index >= 15 is 0 Å². The Balaban J connectivity index is 1.78. The molecule has 5 nitrogen and oxygen atoms in total. The largest absolute Gasteiger partial charge is 0.397 e. The van der Waals surface area contributed by atoms with E-state index in [-0.39, 0.29) is 11.6 Å². The molecule has 2 aliphatic rings. The Hall–Kier alpha value is -1.59. The third-order valence-electron chi connectivity index (χ3n) is 5.37. The number of rotatable bonds is 1. The van der Waals surface area contributed by atoms with Gasteiger partial charge in [0, 0.05) is 18.1 Å². The van der Waals surface area contributed by atoms with Crippen molar-refractivity contribution in [3.8, 4) is 0 Å². The fourth-order valence-electron chi connectivity index (χ4n) is 4.04. The number of hydrogen-bond acceptors (Lipinski definition) is 4. The normalized spacial score (nSPS) is 28.4. The molecule has 0 spiro atoms. The number of nitrogens with zero attached hydrogens (tertiary/aromatic N) is 3. The van der Waals surface area contributed by atoms with E-state index in [1.54, 1.807) is 23.0 Å². The Labute approximate surface area is 133 Å². The lowest BCUT2D eigenvalue weighted by atomic mass is 9.97. The average Bonchev–Trinajstić information content (AvgIpc) is 2.72. The summed E-state index contributed by atoms with van der Waals surface area (Å²) in [4.78, 5) is 19.7. The molecule has 2 aliphatic heterocycles. The molecule has 6 heteroatoms. The first-order valence-electron chi connectivity index (χ1n) is 7.72. The number of nitrogens with two attached hydrogens (primary N) is 1. The molecular formula is C16H19ClN4O. The number of hydrogen-bond donors (Lipinski definition) is 1. The Bertz CT molecular complexity index is 789. The molecule has 3 heterocycles. The van der Waals surface area contributed by atoms with Crippen molar-refractivity contribution in [2.45, 2.75) is 43.8 Å². The molecule has 0 saturated carbocycles. The number of aromatic nitrogens is 2. The fourth-order valence-corrected chi connectivity index (χ4v) is 4.21. The van der Waals surface area contributed by atoms with Gasteiger partial charge < -0.3 is 10.6 Å². The number of fused-ring (bicyclic) bond motifs is 3. The molecule has 2 saturated heterocycles. The van der Waals surface area contributed by atoms with Crippen LogP contribution >= 0.6 is 11.6 Å². The van der Waals surface area contributed by atoms with Crippen molar-refractivity contribution < 1.29 is 0 Å². The predicted molar refractivity (Wildman–Crippen MR) is 88.3 cm³/mol. The van der Waals surface area contributed by atoms with Crippen LogP contribution in [0.4, 0.5) is 5.69 Å². The first-order chi connectivity index (χ1) is 10.5. The summed E-state index contributed by atoms with van der Waals surface area (Å²) in [7, 11) is 2.20. The summed E-state index contributed by atoms with van der Waals surface area (Å²) < 4.78 is 1.80. The second-order valence-corrected chi connectivity index (χ2v) is 6.93. The van der Waals surface area contributed by atoms with Crippen LogP contribution in [0.5, 0.6) is 0 Å². The topological polar surface area (TPSA) is 64.2 Å². The zero-order valence-corrected chi connectivity index (χ0v) is 13.3. The molecule has 116 valence electrons. The highest BCUT2D eigenvalue weighted by molar-refractivity contribution is 6.33. The Morgan fingerprint density at radius 3 is 2.59 bits per heavy atom. The van der Waals surface area contributed by atoms with Crippen molar-refractivity contribution in [3.63, 3.8) is 0 Å². The summed E-state index contributed by atoms with van der Waals surface area (Å²) in [6.45, 7) is 0. The van der Waals surface area contributed by atoms with Crippen molar-refractivity contribution in [2.24, 2.45) is 0 Å². The van der Waals surface area contributed by atoms with Crippen LogP contribution in [-0.2, 0) is 0 Å². The van der Waals surface area contributed by atoms with E-state index in [0.717, 1.165) is 12.8 Å². The van der Waals surface area contributed by atoms with Crippen molar-refractivity contribution in [1.29, 1.82) is 0 Å². The van der Waals surface area contributed by atoms with Gasteiger partial charge in [0.15, 0.2) is 0 Å². The third-order valence-corrected chi connectivity index (χ3v) is 5.70. The molecule has 2 aromatic rings. The fraction of sp³-hybridized carbons (Fsp3) is 0.500. The van der Waals surface area contributed by atoms with Gasteiger partial charge in [-0.2, -0.15) is 0 Å². The van der Waals surface area contributed by atoms with Gasteiger partial charge in [0.25, 0.3) is 5.56 Å². The summed E-state index contributed by atoms with van der Waals surface area (Å²) in [5.74, 6) is 0. The monoisotopic (exact) mass is 318 g/mol. The summed E-state index contributed by atoms with van der Waals surface area (Å²) in [6, 6.07) is 4.71. The van der Waals surface area contributed by atoms with Gasteiger partial charge in [-0.1, -0.05) is 11.6 Å². The lowest BCUT2D eigenvalue weighted by molar-refractivity contribution is 0.135. The van der Waals surface area contributed by atoms with Crippen molar-refractivity contribution in [3.05, 3.63) is 33.8 Å². The van der Waals surface area contributed by atoms with Gasteiger partial charge >= 0.3 is 0 Å². The minimum atomic E-state index is -0.0131. The lowest BCUT2D eigenvalue weighted by Crippen LogP contribution is -2.42. The zero-order chi connectivity index (χ0) is 15.4. The zero-order valence-electron chi connectivity index (χ0n) is 12.5. The molecule has 1 aromatic heterocycles. The highest BCUT2D eigenvalue weighted by atomic mass is 35.5. The summed E-state index contributed by atoms with van der Waals surface area (Å²) in [5.41, 5.74) is 6.84. The van der Waals surface area contributed by atoms with Gasteiger partial charge in [0.2, 0.25) is 0 Å². The van der Waals surface area contributed by atoms with Crippen LogP contribution < -0.4 is 11.3 Å². The maximum atomic E-state index is 12.8. The van der Waals surface area contributed by atoms with Crippen LogP contribution in [0.1, 0.15) is 31.7 Å². The van der Waals surface area contributed by atoms with E-state index in [1.807, 2.05) is 0 Å². The van der Waals surface area contributed by atoms with E-state index in [0.29, 0.717) is 33.7 Å². The standard InChI is InChI=1S/C16H19ClN4O/c1-20-9-2-3-10(20)5-11(4-9)21-8-19-15-7-14(18)13(17)6-12(15)16(21)22/h6-11H,2-5,18H2,1H3/t9-,10+,11?. The molecule has 2 bridgehead atoms. The van der Waals surface area contributed by atoms with Gasteiger partial charge in [-0.3, -0.25) is 9.36 Å². The molecular weight excluding hydrogens is 300 g/mol. The molecule has 3 atom stereocenters. The number of benzene rings is 1. The van der Waals surface area contributed by atoms with Gasteiger partial charge in [-0.25, -0.2) is 4.98 Å². The van der Waals surface area contributed by atoms with Crippen molar-refractivity contribution in [1.82, 2.24) is 14.5 Å². The number of piperidine rings is 1. The Kier molecular flexibility index (Phi) is 3.16. The quantitative estimate of drug-likeness (QED) is 0.820. The number of nitrogen functional groups attached to an aromatic ring is 1. The lowest BCUT2D eigenvalue weighted by Gasteiger charge is -2.36. The van der Waals surface area contributed by atoms with E-state index in [2.05, 4.69) is 16.9 Å². The molecule has 22 heavy (non-hydrogen) atoms. The molecule has 1 unspecified atom stereocenters. The maximum absolute atomic E-state index is 12.8. The summed E-state index contributed by atoms with van der Waals surface area (Å²) in [5, 5.41) is 0.959. The highest BCUT2D eigenvalue weighted by Gasteiger charge is 2.39. The van der Waals surface area contributed by atoms with E-state index in [4.69, 9.17) is 17.3 Å². The smallest absolute Gasteiger partial charge is 0.261 e. The SMILES string of the molecule is CN1[C@@H]2CC[C@H]1CC(n1cnc3cc(N)c(Cl)cc3c1=O)C2. The predicted octanol–water partition coefficient (Wildman–Crippen LogP) is 2.43. The highest BCUT2D eigenvalue weighted by Crippen LogP contribution is 2.39. The van der Waals surface area contributed by atoms with Crippen LogP contribution in [0, 0.1) is 0 Å². The first-order valence-corrected chi connectivity index (χ1v) is 8.10. The first kappa shape index (κ1) is 14.0. The minimum Gasteiger partial charge on any atom is -0.397 e. The van der Waals surface area contributed by atoms with Gasteiger partial charge in [0.05, 0.1) is 27.9 Å². The van der Waals surface area contributed by atoms with Gasteiger partial charge in [0.1, 0.15) is 0 Å². The van der Waals surface area contributed by atoms with E-state index in [1.165, 1.54) is 12.8 Å². The maximum Gasteiger partial charge on any atom is 0.261 e. The number of halogens is 1. The van der Waals surface area contributed by atoms with Crippen molar-refractivity contribution >= 4 is 28.2 Å². The summed E-state index contributed by atoms with van der Waals surface area (Å²) in [6.07, 6.45) is 6.17. The molecule has 0 aliphatic carbocycles. The van der Waals surface area contributed by atoms with Crippen molar-refractivity contribution in [2.75, 3.05) is 12.8 Å². The van der Waals surface area contributed by atoms with Crippen LogP contribution in [0.15, 0.2) is 23.3 Å². The summed E-state index contributed by atoms with van der Waals surface area (Å²) >= 11 is 6.07. The number of anilines is 1. The van der Waals surface area contributed by atoms with E-state index in [9.17, 15) is 4.79 Å². The van der Waals surface area contributed by atoms with Crippen LogP contribution in [0.3, 0.4) is 0 Å². The molecule has 0 amide bonds. The molecule has 2 fully saturated rings. The van der Waals surface area contributed by atoms with Gasteiger partial charge in [-0.05, 0) is 44.9 Å². The third kappa shape index (κ3) is 2.03. The van der Waals surface area contributed by atoms with E-state index < -0.39 is 0 Å². The molecule has 2 N–H and O–H groups in total. The Morgan fingerprint density at radius 2 is 1.91 bits per heavy atom. The Morgan fingerprint density at radius 1 is 1.23 bits per heavy atom. The second kappa shape index (κ2) is 4.96. The minimum absolute atomic E-state index is 0.0131.